The number of ether oxygens (including phenoxy) is 3. The molecule has 1 heterocycles. The van der Waals surface area contributed by atoms with E-state index in [-0.39, 0.29) is 13.2 Å². The van der Waals surface area contributed by atoms with Crippen LogP contribution in [0.5, 0.6) is 11.6 Å². The minimum absolute atomic E-state index is 0.152. The molecule has 0 amide bonds. The lowest BCUT2D eigenvalue weighted by molar-refractivity contribution is 0.0206. The first-order chi connectivity index (χ1) is 16.5. The van der Waals surface area contributed by atoms with Crippen molar-refractivity contribution in [3.63, 3.8) is 0 Å². The second kappa shape index (κ2) is 13.1. The number of rotatable bonds is 13. The number of para-hydroxylation sites is 2. The molecular weight excluding hydrogens is 454 g/mol. The molecule has 34 heavy (non-hydrogen) atoms. The number of halogens is 1. The third kappa shape index (κ3) is 7.07. The molecule has 1 atom stereocenters. The maximum Gasteiger partial charge on any atom is 0.227 e. The van der Waals surface area contributed by atoms with Crippen molar-refractivity contribution in [2.45, 2.75) is 19.6 Å². The average molecular weight is 484 g/mol. The summed E-state index contributed by atoms with van der Waals surface area (Å²) in [6.07, 6.45) is 4.52. The zero-order valence-corrected chi connectivity index (χ0v) is 20.2. The van der Waals surface area contributed by atoms with Crippen molar-refractivity contribution in [1.29, 1.82) is 0 Å². The van der Waals surface area contributed by atoms with Crippen molar-refractivity contribution >= 4 is 11.6 Å². The lowest BCUT2D eigenvalue weighted by Gasteiger charge is -2.25. The Kier molecular flexibility index (Phi) is 9.95. The largest absolute Gasteiger partial charge is 0.437 e. The molecule has 8 heteroatoms. The molecule has 0 aliphatic carbocycles. The Bertz CT molecular complexity index is 1080. The van der Waals surface area contributed by atoms with E-state index in [0.717, 1.165) is 16.9 Å². The maximum absolute atomic E-state index is 10.5. The number of hydrogen-bond acceptors (Lipinski definition) is 6. The van der Waals surface area contributed by atoms with Gasteiger partial charge in [-0.2, -0.15) is 5.10 Å². The molecule has 0 radical (unpaired) electrons. The van der Waals surface area contributed by atoms with E-state index in [1.54, 1.807) is 17.9 Å². The molecule has 0 saturated carbocycles. The van der Waals surface area contributed by atoms with Gasteiger partial charge in [-0.1, -0.05) is 47.9 Å². The van der Waals surface area contributed by atoms with Crippen molar-refractivity contribution in [2.24, 2.45) is 0 Å². The Morgan fingerprint density at radius 2 is 1.91 bits per heavy atom. The van der Waals surface area contributed by atoms with Crippen LogP contribution in [-0.2, 0) is 16.0 Å². The van der Waals surface area contributed by atoms with E-state index < -0.39 is 6.10 Å². The maximum atomic E-state index is 10.5. The van der Waals surface area contributed by atoms with Crippen LogP contribution in [0.15, 0.2) is 54.6 Å². The van der Waals surface area contributed by atoms with Crippen LogP contribution in [0.3, 0.4) is 0 Å². The predicted octanol–water partition coefficient (Wildman–Crippen LogP) is 4.09. The van der Waals surface area contributed by atoms with E-state index in [2.05, 4.69) is 10.8 Å². The molecule has 2 aromatic carbocycles. The van der Waals surface area contributed by atoms with E-state index >= 15 is 0 Å². The predicted molar refractivity (Wildman–Crippen MR) is 133 cm³/mol. The number of aromatic nitrogens is 2. The van der Waals surface area contributed by atoms with E-state index in [9.17, 15) is 5.11 Å². The molecule has 1 N–H and O–H groups in total. The van der Waals surface area contributed by atoms with Gasteiger partial charge in [-0.25, -0.2) is 4.68 Å². The second-order valence-electron chi connectivity index (χ2n) is 7.75. The molecule has 1 aromatic heterocycles. The summed E-state index contributed by atoms with van der Waals surface area (Å²) in [6, 6.07) is 17.1. The fraction of sp³-hybridized carbons (Fsp3) is 0.346. The first kappa shape index (κ1) is 25.8. The summed E-state index contributed by atoms with van der Waals surface area (Å²) in [4.78, 5) is 2.08. The van der Waals surface area contributed by atoms with Crippen LogP contribution < -0.4 is 4.74 Å². The molecule has 3 rings (SSSR count). The number of aryl methyl sites for hydroxylation is 1. The van der Waals surface area contributed by atoms with Crippen LogP contribution in [-0.4, -0.2) is 65.9 Å². The van der Waals surface area contributed by atoms with Crippen LogP contribution in [0.1, 0.15) is 11.3 Å². The third-order valence-electron chi connectivity index (χ3n) is 5.14. The zero-order chi connectivity index (χ0) is 24.3. The zero-order valence-electron chi connectivity index (χ0n) is 19.5. The van der Waals surface area contributed by atoms with Gasteiger partial charge in [0.05, 0.1) is 41.3 Å². The van der Waals surface area contributed by atoms with E-state index in [1.807, 2.05) is 55.5 Å². The van der Waals surface area contributed by atoms with Gasteiger partial charge in [-0.05, 0) is 31.2 Å². The van der Waals surface area contributed by atoms with Crippen molar-refractivity contribution in [2.75, 3.05) is 40.0 Å². The molecule has 3 aromatic rings. The van der Waals surface area contributed by atoms with Gasteiger partial charge >= 0.3 is 0 Å². The summed E-state index contributed by atoms with van der Waals surface area (Å²) in [6.45, 7) is 4.21. The number of methoxy groups -OCH3 is 1. The molecule has 0 bridgehead atoms. The summed E-state index contributed by atoms with van der Waals surface area (Å²) >= 11 is 6.39. The fourth-order valence-corrected chi connectivity index (χ4v) is 3.66. The van der Waals surface area contributed by atoms with Crippen LogP contribution in [0.2, 0.25) is 5.02 Å². The minimum atomic E-state index is -0.706. The highest BCUT2D eigenvalue weighted by Gasteiger charge is 2.23. The molecule has 0 saturated heterocycles. The molecule has 7 nitrogen and oxygen atoms in total. The van der Waals surface area contributed by atoms with E-state index in [1.165, 1.54) is 0 Å². The van der Waals surface area contributed by atoms with E-state index in [0.29, 0.717) is 42.9 Å². The highest BCUT2D eigenvalue weighted by Crippen LogP contribution is 2.34. The van der Waals surface area contributed by atoms with Crippen LogP contribution >= 0.6 is 11.6 Å². The summed E-state index contributed by atoms with van der Waals surface area (Å²) < 4.78 is 18.7. The van der Waals surface area contributed by atoms with Gasteiger partial charge < -0.3 is 19.3 Å². The number of terminal acetylenes is 1. The first-order valence-corrected chi connectivity index (χ1v) is 11.4. The number of aliphatic hydroxyl groups is 1. The smallest absolute Gasteiger partial charge is 0.227 e. The standard InChI is InChI=1S/C26H30ClN3O4/c1-4-15-33-19-22(31)17-29(14-16-32-3)18-23-20(2)28-30(21-10-6-5-7-11-21)26(23)34-25-13-9-8-12-24(25)27/h1,5-13,22,31H,14-19H2,2-3H3/t22-/m1/s1. The minimum Gasteiger partial charge on any atom is -0.437 e. The SMILES string of the molecule is C#CCOC[C@H](O)CN(CCOC)Cc1c(C)nn(-c2ccccc2)c1Oc1ccccc1Cl. The highest BCUT2D eigenvalue weighted by atomic mass is 35.5. The Labute approximate surface area is 205 Å². The van der Waals surface area contributed by atoms with Gasteiger partial charge in [-0.15, -0.1) is 6.42 Å². The Balaban J connectivity index is 1.93. The van der Waals surface area contributed by atoms with Gasteiger partial charge in [0.2, 0.25) is 5.88 Å². The molecule has 0 aliphatic heterocycles. The van der Waals surface area contributed by atoms with Crippen LogP contribution in [0, 0.1) is 19.3 Å². The fourth-order valence-electron chi connectivity index (χ4n) is 3.48. The first-order valence-electron chi connectivity index (χ1n) is 11.0. The Morgan fingerprint density at radius 1 is 1.18 bits per heavy atom. The number of hydrogen-bond donors (Lipinski definition) is 1. The number of benzene rings is 2. The molecular formula is C26H30ClN3O4. The molecule has 0 aliphatic rings. The lowest BCUT2D eigenvalue weighted by Crippen LogP contribution is -2.36. The number of aliphatic hydroxyl groups excluding tert-OH is 1. The van der Waals surface area contributed by atoms with Gasteiger partial charge in [-0.3, -0.25) is 4.90 Å². The van der Waals surface area contributed by atoms with Crippen LogP contribution in [0.25, 0.3) is 5.69 Å². The quantitative estimate of drug-likeness (QED) is 0.292. The highest BCUT2D eigenvalue weighted by molar-refractivity contribution is 6.32. The lowest BCUT2D eigenvalue weighted by atomic mass is 10.2. The number of nitrogens with zero attached hydrogens (tertiary/aromatic N) is 3. The average Bonchev–Trinajstić information content (AvgIpc) is 3.14. The molecule has 180 valence electrons. The summed E-state index contributed by atoms with van der Waals surface area (Å²) in [5.74, 6) is 3.51. The van der Waals surface area contributed by atoms with Crippen molar-refractivity contribution in [3.05, 3.63) is 70.9 Å². The van der Waals surface area contributed by atoms with Crippen LogP contribution in [0.4, 0.5) is 0 Å². The normalized spacial score (nSPS) is 12.0. The molecule has 0 unspecified atom stereocenters. The second-order valence-corrected chi connectivity index (χ2v) is 8.16. The van der Waals surface area contributed by atoms with Gasteiger partial charge in [0, 0.05) is 26.7 Å². The monoisotopic (exact) mass is 483 g/mol. The third-order valence-corrected chi connectivity index (χ3v) is 5.45. The Hall–Kier alpha value is -2.86. The summed E-state index contributed by atoms with van der Waals surface area (Å²) in [5, 5.41) is 15.7. The summed E-state index contributed by atoms with van der Waals surface area (Å²) in [7, 11) is 1.65. The molecule has 0 spiro atoms. The van der Waals surface area contributed by atoms with Crippen molar-refractivity contribution in [1.82, 2.24) is 14.7 Å². The van der Waals surface area contributed by atoms with Gasteiger partial charge in [0.1, 0.15) is 12.4 Å². The van der Waals surface area contributed by atoms with Gasteiger partial charge in [0.15, 0.2) is 0 Å². The van der Waals surface area contributed by atoms with E-state index in [4.69, 9.17) is 37.3 Å². The topological polar surface area (TPSA) is 69.0 Å². The van der Waals surface area contributed by atoms with Crippen molar-refractivity contribution in [3.8, 4) is 29.7 Å². The summed E-state index contributed by atoms with van der Waals surface area (Å²) in [5.41, 5.74) is 2.56. The van der Waals surface area contributed by atoms with Gasteiger partial charge in [0.25, 0.3) is 0 Å². The Morgan fingerprint density at radius 3 is 2.62 bits per heavy atom. The van der Waals surface area contributed by atoms with Crippen molar-refractivity contribution < 1.29 is 19.3 Å². The molecule has 0 fully saturated rings.